The van der Waals surface area contributed by atoms with Crippen molar-refractivity contribution in [2.45, 2.75) is 32.2 Å². The van der Waals surface area contributed by atoms with Crippen molar-refractivity contribution in [3.8, 4) is 0 Å². The molecule has 2 fully saturated rings. The third-order valence-corrected chi connectivity index (χ3v) is 4.65. The van der Waals surface area contributed by atoms with Crippen molar-refractivity contribution in [1.82, 2.24) is 15.4 Å². The summed E-state index contributed by atoms with van der Waals surface area (Å²) < 4.78 is 0. The van der Waals surface area contributed by atoms with Crippen molar-refractivity contribution in [3.63, 3.8) is 0 Å². The Bertz CT molecular complexity index is 618. The number of pyridine rings is 1. The third-order valence-electron chi connectivity index (χ3n) is 4.65. The fourth-order valence-electron chi connectivity index (χ4n) is 3.27. The van der Waals surface area contributed by atoms with E-state index in [0.717, 1.165) is 43.6 Å². The van der Waals surface area contributed by atoms with Gasteiger partial charge in [-0.05, 0) is 31.7 Å². The molecule has 8 heteroatoms. The van der Waals surface area contributed by atoms with Crippen LogP contribution >= 0.6 is 0 Å². The lowest BCUT2D eigenvalue weighted by molar-refractivity contribution is -0.139. The Morgan fingerprint density at radius 1 is 1.32 bits per heavy atom. The largest absolute Gasteiger partial charge is 0.369 e. The first-order valence-corrected chi connectivity index (χ1v) is 8.81. The SMILES string of the molecule is NC(=O)[C@@H]1CCCN(c2ncccc2CNC(=O)N2CCCCO2)C1. The molecule has 2 aliphatic rings. The van der Waals surface area contributed by atoms with E-state index in [9.17, 15) is 9.59 Å². The molecule has 2 aliphatic heterocycles. The molecule has 0 radical (unpaired) electrons. The number of carbonyl (C=O) groups is 2. The number of carbonyl (C=O) groups excluding carboxylic acids is 2. The molecule has 136 valence electrons. The van der Waals surface area contributed by atoms with Crippen LogP contribution in [0.25, 0.3) is 0 Å². The minimum atomic E-state index is -0.266. The number of rotatable bonds is 4. The quantitative estimate of drug-likeness (QED) is 0.847. The van der Waals surface area contributed by atoms with E-state index < -0.39 is 0 Å². The van der Waals surface area contributed by atoms with E-state index in [2.05, 4.69) is 15.2 Å². The molecule has 0 saturated carbocycles. The number of nitrogens with two attached hydrogens (primary N) is 1. The minimum absolute atomic E-state index is 0.153. The number of urea groups is 1. The van der Waals surface area contributed by atoms with Crippen LogP contribution in [-0.4, -0.2) is 48.2 Å². The molecule has 3 N–H and O–H groups in total. The highest BCUT2D eigenvalue weighted by atomic mass is 16.7. The van der Waals surface area contributed by atoms with Crippen LogP contribution in [0.3, 0.4) is 0 Å². The molecule has 0 spiro atoms. The number of hydrogen-bond donors (Lipinski definition) is 2. The molecular weight excluding hydrogens is 322 g/mol. The van der Waals surface area contributed by atoms with Crippen LogP contribution < -0.4 is 16.0 Å². The van der Waals surface area contributed by atoms with Gasteiger partial charge in [0, 0.05) is 31.4 Å². The molecule has 1 atom stereocenters. The zero-order chi connectivity index (χ0) is 17.6. The maximum absolute atomic E-state index is 12.2. The molecule has 8 nitrogen and oxygen atoms in total. The topological polar surface area (TPSA) is 101 Å². The first-order valence-electron chi connectivity index (χ1n) is 8.81. The zero-order valence-corrected chi connectivity index (χ0v) is 14.3. The fourth-order valence-corrected chi connectivity index (χ4v) is 3.27. The lowest BCUT2D eigenvalue weighted by Crippen LogP contribution is -2.43. The first kappa shape index (κ1) is 17.5. The number of hydrogen-bond acceptors (Lipinski definition) is 5. The predicted octanol–water partition coefficient (Wildman–Crippen LogP) is 1.02. The predicted molar refractivity (Wildman–Crippen MR) is 92.5 cm³/mol. The highest BCUT2D eigenvalue weighted by Crippen LogP contribution is 2.24. The van der Waals surface area contributed by atoms with E-state index in [1.165, 1.54) is 5.06 Å². The summed E-state index contributed by atoms with van der Waals surface area (Å²) in [6.45, 7) is 2.95. The van der Waals surface area contributed by atoms with Crippen molar-refractivity contribution < 1.29 is 14.4 Å². The molecule has 0 aromatic carbocycles. The van der Waals surface area contributed by atoms with E-state index >= 15 is 0 Å². The summed E-state index contributed by atoms with van der Waals surface area (Å²) >= 11 is 0. The van der Waals surface area contributed by atoms with Crippen LogP contribution in [-0.2, 0) is 16.2 Å². The third kappa shape index (κ3) is 4.39. The van der Waals surface area contributed by atoms with Gasteiger partial charge in [-0.25, -0.2) is 14.8 Å². The number of nitrogens with one attached hydrogen (secondary N) is 1. The molecular formula is C17H25N5O3. The lowest BCUT2D eigenvalue weighted by Gasteiger charge is -2.33. The molecule has 0 bridgehead atoms. The molecule has 1 aromatic heterocycles. The first-order chi connectivity index (χ1) is 12.1. The summed E-state index contributed by atoms with van der Waals surface area (Å²) in [5.41, 5.74) is 6.38. The minimum Gasteiger partial charge on any atom is -0.369 e. The van der Waals surface area contributed by atoms with Gasteiger partial charge in [-0.15, -0.1) is 0 Å². The number of hydroxylamine groups is 2. The summed E-state index contributed by atoms with van der Waals surface area (Å²) in [4.78, 5) is 35.6. The van der Waals surface area contributed by atoms with Gasteiger partial charge in [-0.1, -0.05) is 6.07 Å². The Morgan fingerprint density at radius 2 is 2.20 bits per heavy atom. The van der Waals surface area contributed by atoms with Crippen LogP contribution in [0, 0.1) is 5.92 Å². The lowest BCUT2D eigenvalue weighted by atomic mass is 9.97. The van der Waals surface area contributed by atoms with E-state index in [4.69, 9.17) is 10.6 Å². The van der Waals surface area contributed by atoms with Crippen LogP contribution in [0.4, 0.5) is 10.6 Å². The summed E-state index contributed by atoms with van der Waals surface area (Å²) in [6, 6.07) is 3.55. The number of anilines is 1. The average Bonchev–Trinajstić information content (AvgIpc) is 2.67. The van der Waals surface area contributed by atoms with Crippen molar-refractivity contribution >= 4 is 17.8 Å². The second-order valence-corrected chi connectivity index (χ2v) is 6.47. The monoisotopic (exact) mass is 347 g/mol. The van der Waals surface area contributed by atoms with E-state index in [1.54, 1.807) is 6.20 Å². The Balaban J connectivity index is 1.64. The van der Waals surface area contributed by atoms with Gasteiger partial charge in [0.1, 0.15) is 5.82 Å². The van der Waals surface area contributed by atoms with Crippen LogP contribution in [0.15, 0.2) is 18.3 Å². The van der Waals surface area contributed by atoms with Gasteiger partial charge in [-0.2, -0.15) is 0 Å². The second-order valence-electron chi connectivity index (χ2n) is 6.47. The van der Waals surface area contributed by atoms with Gasteiger partial charge in [0.25, 0.3) is 0 Å². The molecule has 0 unspecified atom stereocenters. The van der Waals surface area contributed by atoms with E-state index in [0.29, 0.717) is 26.2 Å². The average molecular weight is 347 g/mol. The highest BCUT2D eigenvalue weighted by molar-refractivity contribution is 5.77. The number of primary amides is 1. The molecule has 3 rings (SSSR count). The van der Waals surface area contributed by atoms with Crippen molar-refractivity contribution in [1.29, 1.82) is 0 Å². The Hall–Kier alpha value is -2.35. The molecule has 0 aliphatic carbocycles. The van der Waals surface area contributed by atoms with Crippen molar-refractivity contribution in [2.24, 2.45) is 11.7 Å². The molecule has 25 heavy (non-hydrogen) atoms. The van der Waals surface area contributed by atoms with Crippen LogP contribution in [0.1, 0.15) is 31.2 Å². The highest BCUT2D eigenvalue weighted by Gasteiger charge is 2.26. The van der Waals surface area contributed by atoms with Crippen LogP contribution in [0.5, 0.6) is 0 Å². The van der Waals surface area contributed by atoms with E-state index in [-0.39, 0.29) is 17.9 Å². The summed E-state index contributed by atoms with van der Waals surface area (Å²) in [5.74, 6) is 0.381. The van der Waals surface area contributed by atoms with Gasteiger partial charge in [0.2, 0.25) is 5.91 Å². The van der Waals surface area contributed by atoms with E-state index in [1.807, 2.05) is 12.1 Å². The second kappa shape index (κ2) is 8.15. The molecule has 2 saturated heterocycles. The van der Waals surface area contributed by atoms with Crippen LogP contribution in [0.2, 0.25) is 0 Å². The Kier molecular flexibility index (Phi) is 5.70. The van der Waals surface area contributed by atoms with Gasteiger partial charge in [0.15, 0.2) is 0 Å². The Labute approximate surface area is 147 Å². The maximum Gasteiger partial charge on any atom is 0.341 e. The summed E-state index contributed by atoms with van der Waals surface area (Å²) in [6.07, 6.45) is 5.37. The normalized spacial score (nSPS) is 21.0. The van der Waals surface area contributed by atoms with Gasteiger partial charge >= 0.3 is 6.03 Å². The molecule has 3 heterocycles. The number of amides is 3. The number of nitrogens with zero attached hydrogens (tertiary/aromatic N) is 3. The van der Waals surface area contributed by atoms with Gasteiger partial charge < -0.3 is 16.0 Å². The van der Waals surface area contributed by atoms with Crippen molar-refractivity contribution in [3.05, 3.63) is 23.9 Å². The molecule has 1 aromatic rings. The summed E-state index contributed by atoms with van der Waals surface area (Å²) in [7, 11) is 0. The van der Waals surface area contributed by atoms with Gasteiger partial charge in [-0.3, -0.25) is 9.63 Å². The summed E-state index contributed by atoms with van der Waals surface area (Å²) in [5, 5.41) is 4.26. The maximum atomic E-state index is 12.2. The molecule has 3 amide bonds. The fraction of sp³-hybridized carbons (Fsp3) is 0.588. The van der Waals surface area contributed by atoms with Crippen molar-refractivity contribution in [2.75, 3.05) is 31.1 Å². The Morgan fingerprint density at radius 3 is 2.96 bits per heavy atom. The zero-order valence-electron chi connectivity index (χ0n) is 14.3. The number of piperidine rings is 1. The van der Waals surface area contributed by atoms with Gasteiger partial charge in [0.05, 0.1) is 19.1 Å². The standard InChI is InChI=1S/C17H25N5O3/c18-15(23)14-6-4-8-21(12-14)16-13(5-3-7-19-16)11-20-17(24)22-9-1-2-10-25-22/h3,5,7,14H,1-2,4,6,8-12H2,(H2,18,23)(H,20,24)/t14-/m1/s1. The smallest absolute Gasteiger partial charge is 0.341 e. The number of aromatic nitrogens is 1.